The van der Waals surface area contributed by atoms with Crippen LogP contribution in [0.2, 0.25) is 0 Å². The second-order valence-electron chi connectivity index (χ2n) is 7.36. The first-order chi connectivity index (χ1) is 13.0. The van der Waals surface area contributed by atoms with Crippen LogP contribution >= 0.6 is 0 Å². The third-order valence-corrected chi connectivity index (χ3v) is 4.66. The molecule has 0 bridgehead atoms. The van der Waals surface area contributed by atoms with Crippen molar-refractivity contribution in [3.05, 3.63) is 60.2 Å². The fourth-order valence-corrected chi connectivity index (χ4v) is 3.51. The standard InChI is InChI=1S/C23H28N2O2/c1-17(26)27-23(2,3)25-14-8-13-24-16-22-20-11-6-4-9-18(20)15-19-10-5-7-12-21(19)22/h4-7,9-12,15,24-25H,8,13-14,16H2,1-3H3. The van der Waals surface area contributed by atoms with E-state index in [1.54, 1.807) is 0 Å². The van der Waals surface area contributed by atoms with Crippen molar-refractivity contribution in [1.29, 1.82) is 0 Å². The van der Waals surface area contributed by atoms with Crippen molar-refractivity contribution in [1.82, 2.24) is 10.6 Å². The average molecular weight is 364 g/mol. The number of carbonyl (C=O) groups excluding carboxylic acids is 1. The average Bonchev–Trinajstić information content (AvgIpc) is 2.62. The molecule has 0 heterocycles. The molecule has 27 heavy (non-hydrogen) atoms. The Morgan fingerprint density at radius 2 is 1.56 bits per heavy atom. The molecule has 4 nitrogen and oxygen atoms in total. The maximum Gasteiger partial charge on any atom is 0.304 e. The molecule has 0 unspecified atom stereocenters. The number of hydrogen-bond acceptors (Lipinski definition) is 4. The van der Waals surface area contributed by atoms with Crippen LogP contribution in [0, 0.1) is 0 Å². The van der Waals surface area contributed by atoms with Crippen LogP contribution in [0.4, 0.5) is 0 Å². The predicted octanol–water partition coefficient (Wildman–Crippen LogP) is 4.36. The predicted molar refractivity (Wildman–Crippen MR) is 112 cm³/mol. The number of esters is 1. The number of hydrogen-bond donors (Lipinski definition) is 2. The van der Waals surface area contributed by atoms with Gasteiger partial charge in [-0.25, -0.2) is 0 Å². The van der Waals surface area contributed by atoms with Crippen molar-refractivity contribution in [2.75, 3.05) is 13.1 Å². The fourth-order valence-electron chi connectivity index (χ4n) is 3.51. The van der Waals surface area contributed by atoms with Crippen LogP contribution in [0.1, 0.15) is 32.8 Å². The van der Waals surface area contributed by atoms with Crippen LogP contribution in [0.25, 0.3) is 21.5 Å². The quantitative estimate of drug-likeness (QED) is 0.270. The van der Waals surface area contributed by atoms with Gasteiger partial charge in [0.25, 0.3) is 0 Å². The molecule has 0 radical (unpaired) electrons. The Labute approximate surface area is 160 Å². The van der Waals surface area contributed by atoms with Crippen molar-refractivity contribution in [2.24, 2.45) is 0 Å². The van der Waals surface area contributed by atoms with Crippen LogP contribution < -0.4 is 10.6 Å². The summed E-state index contributed by atoms with van der Waals surface area (Å²) < 4.78 is 5.24. The van der Waals surface area contributed by atoms with E-state index in [-0.39, 0.29) is 5.97 Å². The highest BCUT2D eigenvalue weighted by molar-refractivity contribution is 6.02. The van der Waals surface area contributed by atoms with Gasteiger partial charge >= 0.3 is 5.97 Å². The minimum atomic E-state index is -0.627. The Balaban J connectivity index is 1.61. The summed E-state index contributed by atoms with van der Waals surface area (Å²) in [5.74, 6) is -0.270. The van der Waals surface area contributed by atoms with Gasteiger partial charge in [-0.2, -0.15) is 0 Å². The topological polar surface area (TPSA) is 50.4 Å². The van der Waals surface area contributed by atoms with E-state index in [2.05, 4.69) is 65.2 Å². The van der Waals surface area contributed by atoms with Crippen molar-refractivity contribution in [2.45, 2.75) is 39.5 Å². The fraction of sp³-hybridized carbons (Fsp3) is 0.348. The second kappa shape index (κ2) is 8.51. The molecule has 3 aromatic carbocycles. The van der Waals surface area contributed by atoms with Crippen LogP contribution in [0.3, 0.4) is 0 Å². The van der Waals surface area contributed by atoms with E-state index >= 15 is 0 Å². The van der Waals surface area contributed by atoms with Gasteiger partial charge in [0.2, 0.25) is 0 Å². The maximum absolute atomic E-state index is 11.1. The smallest absolute Gasteiger partial charge is 0.304 e. The Hall–Kier alpha value is -2.43. The molecule has 0 aliphatic rings. The molecule has 0 saturated heterocycles. The molecular weight excluding hydrogens is 336 g/mol. The summed E-state index contributed by atoms with van der Waals surface area (Å²) >= 11 is 0. The van der Waals surface area contributed by atoms with Crippen LogP contribution in [-0.4, -0.2) is 24.8 Å². The van der Waals surface area contributed by atoms with E-state index in [0.717, 1.165) is 26.1 Å². The summed E-state index contributed by atoms with van der Waals surface area (Å²) in [6.07, 6.45) is 0.952. The summed E-state index contributed by atoms with van der Waals surface area (Å²) in [4.78, 5) is 11.1. The first kappa shape index (κ1) is 19.3. The van der Waals surface area contributed by atoms with Crippen LogP contribution in [-0.2, 0) is 16.1 Å². The molecule has 0 aliphatic heterocycles. The zero-order valence-electron chi connectivity index (χ0n) is 16.3. The Bertz CT molecular complexity index is 880. The highest BCUT2D eigenvalue weighted by atomic mass is 16.6. The van der Waals surface area contributed by atoms with E-state index in [1.165, 1.54) is 34.0 Å². The highest BCUT2D eigenvalue weighted by Crippen LogP contribution is 2.28. The normalized spacial score (nSPS) is 11.8. The third-order valence-electron chi connectivity index (χ3n) is 4.66. The number of rotatable bonds is 8. The summed E-state index contributed by atoms with van der Waals surface area (Å²) in [5.41, 5.74) is 0.717. The molecule has 0 fully saturated rings. The van der Waals surface area contributed by atoms with Crippen LogP contribution in [0.5, 0.6) is 0 Å². The number of benzene rings is 3. The first-order valence-corrected chi connectivity index (χ1v) is 9.51. The van der Waals surface area contributed by atoms with Gasteiger partial charge in [0, 0.05) is 13.5 Å². The van der Waals surface area contributed by atoms with Crippen molar-refractivity contribution < 1.29 is 9.53 Å². The Morgan fingerprint density at radius 3 is 2.15 bits per heavy atom. The number of fused-ring (bicyclic) bond motifs is 2. The molecular formula is C23H28N2O2. The number of nitrogens with one attached hydrogen (secondary N) is 2. The summed E-state index contributed by atoms with van der Waals surface area (Å²) in [6.45, 7) is 7.66. The lowest BCUT2D eigenvalue weighted by molar-refractivity contribution is -0.156. The van der Waals surface area contributed by atoms with Gasteiger partial charge in [0.15, 0.2) is 5.72 Å². The molecule has 142 valence electrons. The monoisotopic (exact) mass is 364 g/mol. The van der Waals surface area contributed by atoms with Crippen molar-refractivity contribution >= 4 is 27.5 Å². The lowest BCUT2D eigenvalue weighted by Gasteiger charge is -2.25. The van der Waals surface area contributed by atoms with E-state index < -0.39 is 5.72 Å². The van der Waals surface area contributed by atoms with E-state index in [9.17, 15) is 4.79 Å². The van der Waals surface area contributed by atoms with E-state index in [4.69, 9.17) is 4.74 Å². The molecule has 0 saturated carbocycles. The van der Waals surface area contributed by atoms with Gasteiger partial charge in [-0.3, -0.25) is 10.1 Å². The van der Waals surface area contributed by atoms with Crippen LogP contribution in [0.15, 0.2) is 54.6 Å². The molecule has 0 aromatic heterocycles. The van der Waals surface area contributed by atoms with Crippen molar-refractivity contribution in [3.8, 4) is 0 Å². The number of ether oxygens (including phenoxy) is 1. The maximum atomic E-state index is 11.1. The molecule has 3 aromatic rings. The largest absolute Gasteiger partial charge is 0.445 e. The molecule has 0 atom stereocenters. The Morgan fingerprint density at radius 1 is 0.963 bits per heavy atom. The molecule has 3 rings (SSSR count). The first-order valence-electron chi connectivity index (χ1n) is 9.51. The SMILES string of the molecule is CC(=O)OC(C)(C)NCCCNCc1c2ccccc2cc2ccccc12. The van der Waals surface area contributed by atoms with Gasteiger partial charge < -0.3 is 10.1 Å². The molecule has 2 N–H and O–H groups in total. The zero-order chi connectivity index (χ0) is 19.3. The van der Waals surface area contributed by atoms with Gasteiger partial charge in [0.1, 0.15) is 0 Å². The zero-order valence-corrected chi connectivity index (χ0v) is 16.3. The minimum Gasteiger partial charge on any atom is -0.445 e. The van der Waals surface area contributed by atoms with Gasteiger partial charge in [-0.05, 0) is 66.5 Å². The second-order valence-corrected chi connectivity index (χ2v) is 7.36. The lowest BCUT2D eigenvalue weighted by atomic mass is 9.97. The van der Waals surface area contributed by atoms with E-state index in [0.29, 0.717) is 0 Å². The van der Waals surface area contributed by atoms with Gasteiger partial charge in [-0.1, -0.05) is 48.5 Å². The minimum absolute atomic E-state index is 0.270. The van der Waals surface area contributed by atoms with Crippen molar-refractivity contribution in [3.63, 3.8) is 0 Å². The molecule has 0 amide bonds. The summed E-state index contributed by atoms with van der Waals surface area (Å²) in [6, 6.07) is 19.4. The summed E-state index contributed by atoms with van der Waals surface area (Å²) in [5, 5.41) is 12.0. The molecule has 0 spiro atoms. The van der Waals surface area contributed by atoms with E-state index in [1.807, 2.05) is 13.8 Å². The molecule has 4 heteroatoms. The lowest BCUT2D eigenvalue weighted by Crippen LogP contribution is -2.44. The molecule has 0 aliphatic carbocycles. The highest BCUT2D eigenvalue weighted by Gasteiger charge is 2.19. The number of carbonyl (C=O) groups is 1. The van der Waals surface area contributed by atoms with Gasteiger partial charge in [0.05, 0.1) is 0 Å². The summed E-state index contributed by atoms with van der Waals surface area (Å²) in [7, 11) is 0. The Kier molecular flexibility index (Phi) is 6.09. The third kappa shape index (κ3) is 5.06. The van der Waals surface area contributed by atoms with Gasteiger partial charge in [-0.15, -0.1) is 0 Å².